The zero-order valence-electron chi connectivity index (χ0n) is 11.0. The summed E-state index contributed by atoms with van der Waals surface area (Å²) in [5.74, 6) is -0.155. The molecule has 1 unspecified atom stereocenters. The minimum atomic E-state index is -0.461. The molecule has 1 amide bonds. The molecule has 1 aromatic carbocycles. The van der Waals surface area contributed by atoms with Crippen LogP contribution < -0.4 is 5.32 Å². The predicted octanol–water partition coefficient (Wildman–Crippen LogP) is 2.49. The maximum Gasteiger partial charge on any atom is 0.252 e. The van der Waals surface area contributed by atoms with Crippen LogP contribution >= 0.6 is 15.9 Å². The Morgan fingerprint density at radius 1 is 1.33 bits per heavy atom. The number of amides is 1. The zero-order valence-corrected chi connectivity index (χ0v) is 12.6. The Bertz CT molecular complexity index is 419. The molecule has 18 heavy (non-hydrogen) atoms. The Balaban J connectivity index is 2.79. The number of aryl methyl sites for hydroxylation is 1. The van der Waals surface area contributed by atoms with E-state index in [0.29, 0.717) is 5.56 Å². The lowest BCUT2D eigenvalue weighted by atomic mass is 10.1. The fraction of sp³-hybridized carbons (Fsp3) is 0.462. The van der Waals surface area contributed by atoms with E-state index in [4.69, 9.17) is 9.47 Å². The fourth-order valence-corrected chi connectivity index (χ4v) is 2.12. The molecule has 0 bridgehead atoms. The van der Waals surface area contributed by atoms with E-state index < -0.39 is 6.29 Å². The first-order valence-corrected chi connectivity index (χ1v) is 6.42. The second-order valence-electron chi connectivity index (χ2n) is 4.04. The Labute approximate surface area is 116 Å². The minimum absolute atomic E-state index is 0.155. The highest BCUT2D eigenvalue weighted by Gasteiger charge is 2.20. The molecule has 100 valence electrons. The smallest absolute Gasteiger partial charge is 0.252 e. The van der Waals surface area contributed by atoms with Gasteiger partial charge < -0.3 is 14.8 Å². The van der Waals surface area contributed by atoms with Crippen LogP contribution in [0, 0.1) is 6.92 Å². The highest BCUT2D eigenvalue weighted by Crippen LogP contribution is 2.21. The first-order chi connectivity index (χ1) is 8.51. The molecule has 0 aliphatic heterocycles. The number of ether oxygens (including phenoxy) is 2. The highest BCUT2D eigenvalue weighted by molar-refractivity contribution is 9.10. The van der Waals surface area contributed by atoms with Gasteiger partial charge in [0.05, 0.1) is 11.6 Å². The lowest BCUT2D eigenvalue weighted by molar-refractivity contribution is -0.117. The van der Waals surface area contributed by atoms with Crippen molar-refractivity contribution >= 4 is 21.8 Å². The molecule has 1 atom stereocenters. The van der Waals surface area contributed by atoms with Crippen molar-refractivity contribution < 1.29 is 14.3 Å². The molecule has 0 heterocycles. The summed E-state index contributed by atoms with van der Waals surface area (Å²) in [7, 11) is 3.08. The summed E-state index contributed by atoms with van der Waals surface area (Å²) in [5.41, 5.74) is 1.62. The SMILES string of the molecule is COC(OC)C(C)NC(=O)c1cccc(C)c1Br. The van der Waals surface area contributed by atoms with E-state index in [1.54, 1.807) is 20.3 Å². The second-order valence-corrected chi connectivity index (χ2v) is 4.83. The number of hydrogen-bond acceptors (Lipinski definition) is 3. The Hall–Kier alpha value is -0.910. The fourth-order valence-electron chi connectivity index (χ4n) is 1.68. The summed E-state index contributed by atoms with van der Waals surface area (Å²) in [5, 5.41) is 2.85. The number of halogens is 1. The van der Waals surface area contributed by atoms with Crippen LogP contribution in [0.25, 0.3) is 0 Å². The van der Waals surface area contributed by atoms with Gasteiger partial charge in [0.15, 0.2) is 6.29 Å². The summed E-state index contributed by atoms with van der Waals surface area (Å²) in [6.45, 7) is 3.77. The van der Waals surface area contributed by atoms with E-state index in [0.717, 1.165) is 10.0 Å². The average molecular weight is 316 g/mol. The number of methoxy groups -OCH3 is 2. The normalized spacial score (nSPS) is 12.6. The third kappa shape index (κ3) is 3.54. The molecule has 5 heteroatoms. The van der Waals surface area contributed by atoms with E-state index in [1.165, 1.54) is 0 Å². The number of nitrogens with one attached hydrogen (secondary N) is 1. The van der Waals surface area contributed by atoms with Crippen LogP contribution in [0.2, 0.25) is 0 Å². The van der Waals surface area contributed by atoms with Gasteiger partial charge in [-0.3, -0.25) is 4.79 Å². The van der Waals surface area contributed by atoms with Gasteiger partial charge in [-0.15, -0.1) is 0 Å². The van der Waals surface area contributed by atoms with Gasteiger partial charge in [-0.2, -0.15) is 0 Å². The largest absolute Gasteiger partial charge is 0.354 e. The number of rotatable bonds is 5. The van der Waals surface area contributed by atoms with Crippen LogP contribution in [0.4, 0.5) is 0 Å². The van der Waals surface area contributed by atoms with Crippen molar-refractivity contribution in [3.63, 3.8) is 0 Å². The maximum atomic E-state index is 12.1. The molecule has 0 spiro atoms. The van der Waals surface area contributed by atoms with Crippen LogP contribution in [0.3, 0.4) is 0 Å². The summed E-state index contributed by atoms with van der Waals surface area (Å²) in [4.78, 5) is 12.1. The van der Waals surface area contributed by atoms with Crippen LogP contribution in [0.5, 0.6) is 0 Å². The van der Waals surface area contributed by atoms with Gasteiger partial charge in [-0.25, -0.2) is 0 Å². The van der Waals surface area contributed by atoms with Crippen molar-refractivity contribution in [3.05, 3.63) is 33.8 Å². The predicted molar refractivity (Wildman–Crippen MR) is 73.6 cm³/mol. The van der Waals surface area contributed by atoms with Crippen molar-refractivity contribution in [2.45, 2.75) is 26.2 Å². The first-order valence-electron chi connectivity index (χ1n) is 5.62. The van der Waals surface area contributed by atoms with Gasteiger partial charge >= 0.3 is 0 Å². The average Bonchev–Trinajstić information content (AvgIpc) is 2.34. The molecule has 0 fully saturated rings. The first kappa shape index (κ1) is 15.1. The van der Waals surface area contributed by atoms with Crippen LogP contribution in [0.1, 0.15) is 22.8 Å². The van der Waals surface area contributed by atoms with E-state index in [1.807, 2.05) is 26.0 Å². The van der Waals surface area contributed by atoms with E-state index in [-0.39, 0.29) is 11.9 Å². The topological polar surface area (TPSA) is 47.6 Å². The Kier molecular flexibility index (Phi) is 5.78. The van der Waals surface area contributed by atoms with Crippen molar-refractivity contribution in [1.29, 1.82) is 0 Å². The molecule has 0 radical (unpaired) electrons. The van der Waals surface area contributed by atoms with Gasteiger partial charge in [0, 0.05) is 18.7 Å². The van der Waals surface area contributed by atoms with E-state index in [2.05, 4.69) is 21.2 Å². The van der Waals surface area contributed by atoms with E-state index >= 15 is 0 Å². The highest BCUT2D eigenvalue weighted by atomic mass is 79.9. The van der Waals surface area contributed by atoms with Gasteiger partial charge in [-0.1, -0.05) is 12.1 Å². The van der Waals surface area contributed by atoms with Crippen molar-refractivity contribution in [2.75, 3.05) is 14.2 Å². The number of hydrogen-bond donors (Lipinski definition) is 1. The second kappa shape index (κ2) is 6.87. The molecule has 0 saturated carbocycles. The lowest BCUT2D eigenvalue weighted by Crippen LogP contribution is -2.43. The summed E-state index contributed by atoms with van der Waals surface area (Å²) >= 11 is 3.42. The summed E-state index contributed by atoms with van der Waals surface area (Å²) in [6, 6.07) is 5.33. The third-order valence-electron chi connectivity index (χ3n) is 2.67. The monoisotopic (exact) mass is 315 g/mol. The Morgan fingerprint density at radius 2 is 1.94 bits per heavy atom. The standard InChI is InChI=1S/C13H18BrNO3/c1-8-6-5-7-10(11(8)14)12(16)15-9(2)13(17-3)18-4/h5-7,9,13H,1-4H3,(H,15,16). The molecular formula is C13H18BrNO3. The molecule has 0 aromatic heterocycles. The molecule has 0 aliphatic carbocycles. The Morgan fingerprint density at radius 3 is 2.50 bits per heavy atom. The molecule has 1 rings (SSSR count). The quantitative estimate of drug-likeness (QED) is 0.849. The van der Waals surface area contributed by atoms with E-state index in [9.17, 15) is 4.79 Å². The number of carbonyl (C=O) groups excluding carboxylic acids is 1. The molecule has 0 aliphatic rings. The summed E-state index contributed by atoms with van der Waals surface area (Å²) < 4.78 is 11.0. The van der Waals surface area contributed by atoms with Crippen molar-refractivity contribution in [3.8, 4) is 0 Å². The van der Waals surface area contributed by atoms with Gasteiger partial charge in [0.25, 0.3) is 5.91 Å². The molecule has 1 aromatic rings. The molecule has 1 N–H and O–H groups in total. The van der Waals surface area contributed by atoms with Crippen molar-refractivity contribution in [2.24, 2.45) is 0 Å². The van der Waals surface area contributed by atoms with Crippen LogP contribution in [0.15, 0.2) is 22.7 Å². The lowest BCUT2D eigenvalue weighted by Gasteiger charge is -2.22. The molecule has 0 saturated heterocycles. The van der Waals surface area contributed by atoms with Crippen LogP contribution in [-0.4, -0.2) is 32.5 Å². The maximum absolute atomic E-state index is 12.1. The van der Waals surface area contributed by atoms with Gasteiger partial charge in [-0.05, 0) is 41.4 Å². The summed E-state index contributed by atoms with van der Waals surface area (Å²) in [6.07, 6.45) is -0.461. The number of carbonyl (C=O) groups is 1. The molecular weight excluding hydrogens is 298 g/mol. The third-order valence-corrected chi connectivity index (χ3v) is 3.72. The van der Waals surface area contributed by atoms with Crippen molar-refractivity contribution in [1.82, 2.24) is 5.32 Å². The zero-order chi connectivity index (χ0) is 13.7. The van der Waals surface area contributed by atoms with Gasteiger partial charge in [0.2, 0.25) is 0 Å². The number of benzene rings is 1. The molecule has 4 nitrogen and oxygen atoms in total. The van der Waals surface area contributed by atoms with Gasteiger partial charge in [0.1, 0.15) is 0 Å². The minimum Gasteiger partial charge on any atom is -0.354 e. The van der Waals surface area contributed by atoms with Crippen LogP contribution in [-0.2, 0) is 9.47 Å².